The van der Waals surface area contributed by atoms with Gasteiger partial charge in [-0.05, 0) is 67.6 Å². The molecule has 1 aromatic carbocycles. The van der Waals surface area contributed by atoms with Crippen LogP contribution in [0.25, 0.3) is 0 Å². The zero-order valence-corrected chi connectivity index (χ0v) is 17.4. The SMILES string of the molecule is CC(CNC(=O)c1cc(S(=O)(=O)N(C)C)ccc1I)N(C)C1CC1. The van der Waals surface area contributed by atoms with E-state index in [1.165, 1.54) is 39.1 Å². The van der Waals surface area contributed by atoms with Gasteiger partial charge in [-0.15, -0.1) is 0 Å². The molecule has 0 heterocycles. The Morgan fingerprint density at radius 2 is 1.96 bits per heavy atom. The molecule has 1 N–H and O–H groups in total. The number of likely N-dealkylation sites (N-methyl/N-ethyl adjacent to an activating group) is 1. The average Bonchev–Trinajstić information content (AvgIpc) is 3.36. The summed E-state index contributed by atoms with van der Waals surface area (Å²) in [4.78, 5) is 14.9. The van der Waals surface area contributed by atoms with Gasteiger partial charge in [0.1, 0.15) is 0 Å². The van der Waals surface area contributed by atoms with Crippen LogP contribution in [0.15, 0.2) is 23.1 Å². The van der Waals surface area contributed by atoms with Crippen molar-refractivity contribution in [2.24, 2.45) is 0 Å². The molecular formula is C16H24IN3O3S. The second-order valence-corrected chi connectivity index (χ2v) is 9.70. The van der Waals surface area contributed by atoms with Crippen molar-refractivity contribution in [1.29, 1.82) is 0 Å². The quantitative estimate of drug-likeness (QED) is 0.624. The first-order chi connectivity index (χ1) is 11.1. The molecule has 24 heavy (non-hydrogen) atoms. The number of carbonyl (C=O) groups is 1. The van der Waals surface area contributed by atoms with Crippen molar-refractivity contribution in [2.45, 2.75) is 36.7 Å². The van der Waals surface area contributed by atoms with Crippen LogP contribution < -0.4 is 5.32 Å². The Hall–Kier alpha value is -0.710. The van der Waals surface area contributed by atoms with Crippen LogP contribution in [0.3, 0.4) is 0 Å². The number of hydrogen-bond donors (Lipinski definition) is 1. The Kier molecular flexibility index (Phi) is 6.27. The standard InChI is InChI=1S/C16H24IN3O3S/c1-11(20(4)12-5-6-12)10-18-16(21)14-9-13(7-8-15(14)17)24(22,23)19(2)3/h7-9,11-12H,5-6,10H2,1-4H3,(H,18,21). The second-order valence-electron chi connectivity index (χ2n) is 6.38. The lowest BCUT2D eigenvalue weighted by Crippen LogP contribution is -2.41. The average molecular weight is 465 g/mol. The fourth-order valence-corrected chi connectivity index (χ4v) is 3.88. The van der Waals surface area contributed by atoms with Crippen LogP contribution in [-0.2, 0) is 10.0 Å². The van der Waals surface area contributed by atoms with E-state index in [4.69, 9.17) is 0 Å². The highest BCUT2D eigenvalue weighted by molar-refractivity contribution is 14.1. The van der Waals surface area contributed by atoms with Crippen molar-refractivity contribution in [3.63, 3.8) is 0 Å². The van der Waals surface area contributed by atoms with Gasteiger partial charge in [-0.25, -0.2) is 12.7 Å². The molecule has 0 spiro atoms. The lowest BCUT2D eigenvalue weighted by Gasteiger charge is -2.24. The predicted molar refractivity (Wildman–Crippen MR) is 103 cm³/mol. The third-order valence-corrected chi connectivity index (χ3v) is 7.09. The maximum atomic E-state index is 12.5. The number of nitrogens with one attached hydrogen (secondary N) is 1. The number of rotatable bonds is 7. The number of amides is 1. The van der Waals surface area contributed by atoms with E-state index in [-0.39, 0.29) is 16.8 Å². The number of benzene rings is 1. The van der Waals surface area contributed by atoms with Gasteiger partial charge >= 0.3 is 0 Å². The van der Waals surface area contributed by atoms with E-state index < -0.39 is 10.0 Å². The molecule has 1 unspecified atom stereocenters. The second kappa shape index (κ2) is 7.67. The van der Waals surface area contributed by atoms with E-state index >= 15 is 0 Å². The highest BCUT2D eigenvalue weighted by atomic mass is 127. The highest BCUT2D eigenvalue weighted by Crippen LogP contribution is 2.26. The summed E-state index contributed by atoms with van der Waals surface area (Å²) in [5, 5.41) is 2.92. The fraction of sp³-hybridized carbons (Fsp3) is 0.562. The molecule has 1 amide bonds. The first-order valence-corrected chi connectivity index (χ1v) is 10.4. The van der Waals surface area contributed by atoms with E-state index in [9.17, 15) is 13.2 Å². The molecule has 6 nitrogen and oxygen atoms in total. The van der Waals surface area contributed by atoms with E-state index in [0.717, 1.165) is 7.88 Å². The minimum atomic E-state index is -3.56. The molecule has 0 aromatic heterocycles. The highest BCUT2D eigenvalue weighted by Gasteiger charge is 2.29. The van der Waals surface area contributed by atoms with Gasteiger partial charge in [0.05, 0.1) is 10.5 Å². The summed E-state index contributed by atoms with van der Waals surface area (Å²) in [6.45, 7) is 2.61. The van der Waals surface area contributed by atoms with Crippen LogP contribution >= 0.6 is 22.6 Å². The number of nitrogens with zero attached hydrogens (tertiary/aromatic N) is 2. The summed E-state index contributed by atoms with van der Waals surface area (Å²) in [6.07, 6.45) is 2.44. The normalized spacial score (nSPS) is 16.5. The summed E-state index contributed by atoms with van der Waals surface area (Å²) in [5.74, 6) is -0.244. The summed E-state index contributed by atoms with van der Waals surface area (Å²) in [7, 11) is 1.47. The Morgan fingerprint density at radius 3 is 2.50 bits per heavy atom. The van der Waals surface area contributed by atoms with Crippen LogP contribution in [-0.4, -0.2) is 63.3 Å². The van der Waals surface area contributed by atoms with Crippen LogP contribution in [0.2, 0.25) is 0 Å². The van der Waals surface area contributed by atoms with Gasteiger partial charge in [-0.3, -0.25) is 9.69 Å². The Morgan fingerprint density at radius 1 is 1.33 bits per heavy atom. The van der Waals surface area contributed by atoms with Crippen LogP contribution in [0, 0.1) is 3.57 Å². The van der Waals surface area contributed by atoms with Crippen molar-refractivity contribution < 1.29 is 13.2 Å². The maximum absolute atomic E-state index is 12.5. The molecule has 1 saturated carbocycles. The van der Waals surface area contributed by atoms with Gasteiger partial charge in [-0.2, -0.15) is 0 Å². The Bertz CT molecular complexity index is 717. The molecule has 8 heteroatoms. The number of halogens is 1. The monoisotopic (exact) mass is 465 g/mol. The maximum Gasteiger partial charge on any atom is 0.252 e. The van der Waals surface area contributed by atoms with Gasteiger partial charge in [0.15, 0.2) is 0 Å². The van der Waals surface area contributed by atoms with Crippen LogP contribution in [0.5, 0.6) is 0 Å². The molecule has 1 atom stereocenters. The molecule has 134 valence electrons. The van der Waals surface area contributed by atoms with Gasteiger partial charge in [-0.1, -0.05) is 0 Å². The molecule has 2 rings (SSSR count). The molecule has 0 radical (unpaired) electrons. The van der Waals surface area contributed by atoms with Gasteiger partial charge in [0.25, 0.3) is 5.91 Å². The lowest BCUT2D eigenvalue weighted by molar-refractivity contribution is 0.0938. The van der Waals surface area contributed by atoms with Crippen molar-refractivity contribution in [2.75, 3.05) is 27.7 Å². The van der Waals surface area contributed by atoms with Crippen molar-refractivity contribution in [3.8, 4) is 0 Å². The van der Waals surface area contributed by atoms with Crippen LogP contribution in [0.4, 0.5) is 0 Å². The van der Waals surface area contributed by atoms with E-state index in [2.05, 4.69) is 24.2 Å². The number of carbonyl (C=O) groups excluding carboxylic acids is 1. The first-order valence-electron chi connectivity index (χ1n) is 7.86. The number of sulfonamides is 1. The molecule has 1 aromatic rings. The summed E-state index contributed by atoms with van der Waals surface area (Å²) < 4.78 is 26.4. The summed E-state index contributed by atoms with van der Waals surface area (Å²) >= 11 is 2.05. The van der Waals surface area contributed by atoms with Gasteiger partial charge in [0, 0.05) is 36.3 Å². The molecule has 1 fully saturated rings. The zero-order valence-electron chi connectivity index (χ0n) is 14.4. The molecule has 1 aliphatic rings. The molecule has 0 saturated heterocycles. The molecular weight excluding hydrogens is 441 g/mol. The van der Waals surface area contributed by atoms with Gasteiger partial charge in [0.2, 0.25) is 10.0 Å². The fourth-order valence-electron chi connectivity index (χ4n) is 2.37. The molecule has 0 aliphatic heterocycles. The lowest BCUT2D eigenvalue weighted by atomic mass is 10.2. The largest absolute Gasteiger partial charge is 0.350 e. The third kappa shape index (κ3) is 4.47. The van der Waals surface area contributed by atoms with Gasteiger partial charge < -0.3 is 5.32 Å². The predicted octanol–water partition coefficient (Wildman–Crippen LogP) is 1.75. The van der Waals surface area contributed by atoms with E-state index in [1.54, 1.807) is 6.07 Å². The number of hydrogen-bond acceptors (Lipinski definition) is 4. The van der Waals surface area contributed by atoms with E-state index in [1.807, 2.05) is 22.6 Å². The molecule has 0 bridgehead atoms. The summed E-state index contributed by atoms with van der Waals surface area (Å²) in [5.41, 5.74) is 0.389. The molecule has 1 aliphatic carbocycles. The smallest absolute Gasteiger partial charge is 0.252 e. The third-order valence-electron chi connectivity index (χ3n) is 4.34. The minimum Gasteiger partial charge on any atom is -0.350 e. The minimum absolute atomic E-state index is 0.126. The van der Waals surface area contributed by atoms with Crippen LogP contribution in [0.1, 0.15) is 30.1 Å². The zero-order chi connectivity index (χ0) is 18.1. The van der Waals surface area contributed by atoms with Crippen molar-refractivity contribution >= 4 is 38.5 Å². The van der Waals surface area contributed by atoms with Crippen molar-refractivity contribution in [3.05, 3.63) is 27.3 Å². The Balaban J connectivity index is 2.11. The van der Waals surface area contributed by atoms with Crippen molar-refractivity contribution in [1.82, 2.24) is 14.5 Å². The Labute approximate surface area is 157 Å². The summed E-state index contributed by atoms with van der Waals surface area (Å²) in [6, 6.07) is 5.50. The van der Waals surface area contributed by atoms with E-state index in [0.29, 0.717) is 18.2 Å². The first kappa shape index (κ1) is 19.6. The topological polar surface area (TPSA) is 69.7 Å².